The van der Waals surface area contributed by atoms with Crippen LogP contribution >= 0.6 is 15.9 Å². The number of halogens is 4. The maximum absolute atomic E-state index is 12.8. The van der Waals surface area contributed by atoms with Crippen molar-refractivity contribution in [3.8, 4) is 0 Å². The van der Waals surface area contributed by atoms with Gasteiger partial charge in [0, 0.05) is 27.0 Å². The van der Waals surface area contributed by atoms with Gasteiger partial charge in [0.2, 0.25) is 0 Å². The molecule has 3 rings (SSSR count). The zero-order valence-corrected chi connectivity index (χ0v) is 16.3. The number of carbonyl (C=O) groups is 2. The van der Waals surface area contributed by atoms with Crippen LogP contribution in [-0.4, -0.2) is 11.8 Å². The lowest BCUT2D eigenvalue weighted by Gasteiger charge is -2.11. The zero-order valence-electron chi connectivity index (χ0n) is 14.8. The highest BCUT2D eigenvalue weighted by atomic mass is 79.9. The molecule has 0 bridgehead atoms. The van der Waals surface area contributed by atoms with E-state index < -0.39 is 17.6 Å². The third-order valence-corrected chi connectivity index (χ3v) is 4.47. The largest absolute Gasteiger partial charge is 0.416 e. The molecule has 0 spiro atoms. The molecule has 0 saturated carbocycles. The van der Waals surface area contributed by atoms with E-state index in [2.05, 4.69) is 26.6 Å². The van der Waals surface area contributed by atoms with E-state index in [0.717, 1.165) is 16.6 Å². The van der Waals surface area contributed by atoms with Gasteiger partial charge in [-0.3, -0.25) is 9.59 Å². The van der Waals surface area contributed by atoms with Gasteiger partial charge in [-0.15, -0.1) is 0 Å². The third kappa shape index (κ3) is 5.45. The molecule has 0 heterocycles. The highest BCUT2D eigenvalue weighted by Gasteiger charge is 2.30. The predicted octanol–water partition coefficient (Wildman–Crippen LogP) is 5.97. The van der Waals surface area contributed by atoms with Gasteiger partial charge in [-0.2, -0.15) is 13.2 Å². The Kier molecular flexibility index (Phi) is 6.03. The summed E-state index contributed by atoms with van der Waals surface area (Å²) in [5, 5.41) is 5.12. The summed E-state index contributed by atoms with van der Waals surface area (Å²) in [6.45, 7) is 0. The van der Waals surface area contributed by atoms with Crippen LogP contribution in [0.25, 0.3) is 0 Å². The quantitative estimate of drug-likeness (QED) is 0.501. The van der Waals surface area contributed by atoms with Crippen LogP contribution < -0.4 is 10.6 Å². The maximum atomic E-state index is 12.8. The summed E-state index contributed by atoms with van der Waals surface area (Å²) >= 11 is 3.29. The second-order valence-corrected chi connectivity index (χ2v) is 6.99. The lowest BCUT2D eigenvalue weighted by molar-refractivity contribution is -0.137. The lowest BCUT2D eigenvalue weighted by atomic mass is 10.1. The highest BCUT2D eigenvalue weighted by Crippen LogP contribution is 2.30. The Morgan fingerprint density at radius 1 is 0.724 bits per heavy atom. The summed E-state index contributed by atoms with van der Waals surface area (Å²) in [6, 6.07) is 17.2. The van der Waals surface area contributed by atoms with Crippen LogP contribution in [-0.2, 0) is 6.18 Å². The molecule has 8 heteroatoms. The summed E-state index contributed by atoms with van der Waals surface area (Å²) in [5.41, 5.74) is 0.178. The molecular formula is C21H14BrF3N2O2. The van der Waals surface area contributed by atoms with Crippen LogP contribution in [0.5, 0.6) is 0 Å². The Bertz CT molecular complexity index is 1050. The normalized spacial score (nSPS) is 11.0. The first-order valence-corrected chi connectivity index (χ1v) is 9.17. The molecule has 0 atom stereocenters. The standard InChI is InChI=1S/C21H14BrF3N2O2/c22-16-9-7-13(8-10-16)19(28)26-17-5-1-3-14(11-17)20(29)27-18-6-2-4-15(12-18)21(23,24)25/h1-12H,(H,26,28)(H,27,29). The molecule has 0 radical (unpaired) electrons. The molecule has 2 N–H and O–H groups in total. The van der Waals surface area contributed by atoms with Crippen molar-refractivity contribution in [3.05, 3.63) is 94.0 Å². The lowest BCUT2D eigenvalue weighted by Crippen LogP contribution is -2.15. The molecular weight excluding hydrogens is 449 g/mol. The predicted molar refractivity (Wildman–Crippen MR) is 108 cm³/mol. The van der Waals surface area contributed by atoms with E-state index in [1.807, 2.05) is 0 Å². The number of hydrogen-bond acceptors (Lipinski definition) is 2. The Balaban J connectivity index is 1.73. The minimum Gasteiger partial charge on any atom is -0.322 e. The summed E-state index contributed by atoms with van der Waals surface area (Å²) in [7, 11) is 0. The first-order valence-electron chi connectivity index (χ1n) is 8.38. The van der Waals surface area contributed by atoms with E-state index in [-0.39, 0.29) is 17.2 Å². The minimum absolute atomic E-state index is 0.0223. The number of benzene rings is 3. The van der Waals surface area contributed by atoms with Crippen molar-refractivity contribution in [1.29, 1.82) is 0 Å². The van der Waals surface area contributed by atoms with Crippen LogP contribution in [0.15, 0.2) is 77.3 Å². The van der Waals surface area contributed by atoms with E-state index >= 15 is 0 Å². The molecule has 0 aromatic heterocycles. The second kappa shape index (κ2) is 8.48. The molecule has 0 aliphatic rings. The first-order chi connectivity index (χ1) is 13.7. The molecule has 148 valence electrons. The molecule has 3 aromatic carbocycles. The summed E-state index contributed by atoms with van der Waals surface area (Å²) in [6.07, 6.45) is -4.50. The fourth-order valence-electron chi connectivity index (χ4n) is 2.52. The van der Waals surface area contributed by atoms with Gasteiger partial charge in [0.1, 0.15) is 0 Å². The average Bonchev–Trinajstić information content (AvgIpc) is 2.68. The fourth-order valence-corrected chi connectivity index (χ4v) is 2.78. The summed E-state index contributed by atoms with van der Waals surface area (Å²) < 4.78 is 39.3. The highest BCUT2D eigenvalue weighted by molar-refractivity contribution is 9.10. The number of carbonyl (C=O) groups excluding carboxylic acids is 2. The average molecular weight is 463 g/mol. The number of nitrogens with one attached hydrogen (secondary N) is 2. The van der Waals surface area contributed by atoms with E-state index in [4.69, 9.17) is 0 Å². The van der Waals surface area contributed by atoms with Crippen LogP contribution in [0, 0.1) is 0 Å². The van der Waals surface area contributed by atoms with Gasteiger partial charge in [-0.05, 0) is 60.7 Å². The van der Waals surface area contributed by atoms with Crippen LogP contribution in [0.2, 0.25) is 0 Å². The van der Waals surface area contributed by atoms with Crippen molar-refractivity contribution >= 4 is 39.1 Å². The number of amides is 2. The van der Waals surface area contributed by atoms with Gasteiger partial charge < -0.3 is 10.6 Å². The number of hydrogen-bond donors (Lipinski definition) is 2. The molecule has 0 aliphatic heterocycles. The van der Waals surface area contributed by atoms with Crippen LogP contribution in [0.3, 0.4) is 0 Å². The van der Waals surface area contributed by atoms with E-state index in [1.165, 1.54) is 24.3 Å². The molecule has 2 amide bonds. The Morgan fingerprint density at radius 3 is 1.90 bits per heavy atom. The van der Waals surface area contributed by atoms with Crippen molar-refractivity contribution in [2.24, 2.45) is 0 Å². The topological polar surface area (TPSA) is 58.2 Å². The van der Waals surface area contributed by atoms with Gasteiger partial charge in [-0.1, -0.05) is 28.1 Å². The van der Waals surface area contributed by atoms with Crippen LogP contribution in [0.4, 0.5) is 24.5 Å². The van der Waals surface area contributed by atoms with Gasteiger partial charge in [-0.25, -0.2) is 0 Å². The zero-order chi connectivity index (χ0) is 21.0. The van der Waals surface area contributed by atoms with Gasteiger partial charge in [0.05, 0.1) is 5.56 Å². The van der Waals surface area contributed by atoms with Crippen molar-refractivity contribution in [2.75, 3.05) is 10.6 Å². The fraction of sp³-hybridized carbons (Fsp3) is 0.0476. The summed E-state index contributed by atoms with van der Waals surface area (Å²) in [5.74, 6) is -0.947. The SMILES string of the molecule is O=C(Nc1cccc(C(=O)Nc2cccc(C(F)(F)F)c2)c1)c1ccc(Br)cc1. The molecule has 0 aliphatic carbocycles. The second-order valence-electron chi connectivity index (χ2n) is 6.07. The van der Waals surface area contributed by atoms with E-state index in [1.54, 1.807) is 36.4 Å². The van der Waals surface area contributed by atoms with E-state index in [0.29, 0.717) is 11.3 Å². The summed E-state index contributed by atoms with van der Waals surface area (Å²) in [4.78, 5) is 24.7. The molecule has 3 aromatic rings. The molecule has 0 saturated heterocycles. The first kappa shape index (κ1) is 20.6. The van der Waals surface area contributed by atoms with Crippen molar-refractivity contribution in [1.82, 2.24) is 0 Å². The minimum atomic E-state index is -4.50. The van der Waals surface area contributed by atoms with E-state index in [9.17, 15) is 22.8 Å². The maximum Gasteiger partial charge on any atom is 0.416 e. The van der Waals surface area contributed by atoms with Crippen molar-refractivity contribution in [3.63, 3.8) is 0 Å². The Morgan fingerprint density at radius 2 is 1.28 bits per heavy atom. The van der Waals surface area contributed by atoms with Crippen molar-refractivity contribution < 1.29 is 22.8 Å². The number of anilines is 2. The molecule has 0 fully saturated rings. The van der Waals surface area contributed by atoms with Gasteiger partial charge >= 0.3 is 6.18 Å². The number of rotatable bonds is 4. The third-order valence-electron chi connectivity index (χ3n) is 3.94. The monoisotopic (exact) mass is 462 g/mol. The Hall–Kier alpha value is -3.13. The molecule has 4 nitrogen and oxygen atoms in total. The van der Waals surface area contributed by atoms with Gasteiger partial charge in [0.25, 0.3) is 11.8 Å². The van der Waals surface area contributed by atoms with Crippen LogP contribution in [0.1, 0.15) is 26.3 Å². The van der Waals surface area contributed by atoms with Gasteiger partial charge in [0.15, 0.2) is 0 Å². The molecule has 0 unspecified atom stereocenters. The number of alkyl halides is 3. The van der Waals surface area contributed by atoms with Crippen molar-refractivity contribution in [2.45, 2.75) is 6.18 Å². The smallest absolute Gasteiger partial charge is 0.322 e. The molecule has 29 heavy (non-hydrogen) atoms. The Labute approximate surface area is 172 Å².